The molecule has 1 N–H and O–H groups in total. The van der Waals surface area contributed by atoms with Crippen molar-refractivity contribution in [3.8, 4) is 0 Å². The van der Waals surface area contributed by atoms with Crippen molar-refractivity contribution in [2.45, 2.75) is 91.1 Å². The summed E-state index contributed by atoms with van der Waals surface area (Å²) in [6, 6.07) is 1.50. The molecular formula is C19H38N2. The van der Waals surface area contributed by atoms with Crippen LogP contribution in [0.4, 0.5) is 0 Å². The highest BCUT2D eigenvalue weighted by atomic mass is 15.2. The molecule has 2 unspecified atom stereocenters. The lowest BCUT2D eigenvalue weighted by molar-refractivity contribution is 0.0573. The summed E-state index contributed by atoms with van der Waals surface area (Å²) in [5.74, 6) is 0.845. The third-order valence-corrected chi connectivity index (χ3v) is 5.77. The maximum absolute atomic E-state index is 3.79. The number of nitrogens with one attached hydrogen (secondary N) is 1. The summed E-state index contributed by atoms with van der Waals surface area (Å²) in [4.78, 5) is 2.87. The minimum absolute atomic E-state index is 0.635. The van der Waals surface area contributed by atoms with Crippen LogP contribution >= 0.6 is 0 Å². The van der Waals surface area contributed by atoms with Crippen molar-refractivity contribution in [1.29, 1.82) is 0 Å². The number of rotatable bonds is 7. The van der Waals surface area contributed by atoms with E-state index in [9.17, 15) is 0 Å². The first kappa shape index (κ1) is 17.3. The van der Waals surface area contributed by atoms with Gasteiger partial charge in [0, 0.05) is 31.7 Å². The smallest absolute Gasteiger partial charge is 0.0219 e. The second-order valence-electron chi connectivity index (χ2n) is 8.19. The number of piperazine rings is 1. The highest BCUT2D eigenvalue weighted by molar-refractivity contribution is 4.93. The summed E-state index contributed by atoms with van der Waals surface area (Å²) in [6.07, 6.45) is 11.3. The normalized spacial score (nSPS) is 30.1. The van der Waals surface area contributed by atoms with Gasteiger partial charge in [-0.3, -0.25) is 4.90 Å². The molecule has 2 atom stereocenters. The van der Waals surface area contributed by atoms with Crippen molar-refractivity contribution in [3.63, 3.8) is 0 Å². The third-order valence-electron chi connectivity index (χ3n) is 5.77. The molecular weight excluding hydrogens is 256 g/mol. The average molecular weight is 295 g/mol. The molecule has 1 saturated carbocycles. The lowest BCUT2D eigenvalue weighted by atomic mass is 9.77. The first-order valence-corrected chi connectivity index (χ1v) is 9.56. The van der Waals surface area contributed by atoms with Gasteiger partial charge in [0.15, 0.2) is 0 Å². The van der Waals surface area contributed by atoms with Crippen LogP contribution in [-0.4, -0.2) is 36.6 Å². The van der Waals surface area contributed by atoms with Gasteiger partial charge in [-0.15, -0.1) is 0 Å². The molecule has 1 heterocycles. The van der Waals surface area contributed by atoms with Crippen LogP contribution in [0, 0.1) is 11.3 Å². The minimum atomic E-state index is 0.635. The van der Waals surface area contributed by atoms with Crippen LogP contribution in [0.15, 0.2) is 0 Å². The monoisotopic (exact) mass is 294 g/mol. The van der Waals surface area contributed by atoms with Crippen LogP contribution in [0.2, 0.25) is 0 Å². The summed E-state index contributed by atoms with van der Waals surface area (Å²) in [5, 5.41) is 3.79. The Morgan fingerprint density at radius 1 is 1.19 bits per heavy atom. The summed E-state index contributed by atoms with van der Waals surface area (Å²) >= 11 is 0. The van der Waals surface area contributed by atoms with E-state index in [4.69, 9.17) is 0 Å². The molecule has 0 amide bonds. The van der Waals surface area contributed by atoms with Gasteiger partial charge in [-0.1, -0.05) is 47.0 Å². The fourth-order valence-electron chi connectivity index (χ4n) is 4.92. The molecule has 0 aromatic carbocycles. The molecule has 2 rings (SSSR count). The molecule has 1 aliphatic carbocycles. The Labute approximate surface area is 133 Å². The van der Waals surface area contributed by atoms with Gasteiger partial charge in [0.05, 0.1) is 0 Å². The number of nitrogens with zero attached hydrogens (tertiary/aromatic N) is 1. The summed E-state index contributed by atoms with van der Waals surface area (Å²) in [5.41, 5.74) is 0.635. The molecule has 124 valence electrons. The molecule has 21 heavy (non-hydrogen) atoms. The van der Waals surface area contributed by atoms with Crippen molar-refractivity contribution in [2.24, 2.45) is 11.3 Å². The number of hydrogen-bond acceptors (Lipinski definition) is 2. The lowest BCUT2D eigenvalue weighted by Crippen LogP contribution is -2.58. The van der Waals surface area contributed by atoms with Gasteiger partial charge in [-0.2, -0.15) is 0 Å². The Bertz CT molecular complexity index is 294. The molecule has 0 radical (unpaired) electrons. The predicted molar refractivity (Wildman–Crippen MR) is 92.7 cm³/mol. The topological polar surface area (TPSA) is 15.3 Å². The summed E-state index contributed by atoms with van der Waals surface area (Å²) in [6.45, 7) is 13.4. The molecule has 0 aromatic heterocycles. The highest BCUT2D eigenvalue weighted by Gasteiger charge is 2.38. The Hall–Kier alpha value is -0.0800. The van der Waals surface area contributed by atoms with Gasteiger partial charge in [0.25, 0.3) is 0 Å². The van der Waals surface area contributed by atoms with Crippen LogP contribution in [0.3, 0.4) is 0 Å². The van der Waals surface area contributed by atoms with Crippen LogP contribution in [0.5, 0.6) is 0 Å². The van der Waals surface area contributed by atoms with Crippen LogP contribution in [0.1, 0.15) is 79.1 Å². The molecule has 0 spiro atoms. The Morgan fingerprint density at radius 3 is 2.48 bits per heavy atom. The second kappa shape index (κ2) is 7.97. The standard InChI is InChI=1S/C19H38N2/c1-5-9-17-14-21(18(6-2)13-20-17)15-19(12-16(3)4)10-7-8-11-19/h16-18,20H,5-15H2,1-4H3. The third kappa shape index (κ3) is 4.69. The van der Waals surface area contributed by atoms with Crippen LogP contribution in [0.25, 0.3) is 0 Å². The van der Waals surface area contributed by atoms with Gasteiger partial charge in [-0.25, -0.2) is 0 Å². The first-order chi connectivity index (χ1) is 10.1. The molecule has 1 aliphatic heterocycles. The Balaban J connectivity index is 2.01. The average Bonchev–Trinajstić information content (AvgIpc) is 2.87. The van der Waals surface area contributed by atoms with Crippen molar-refractivity contribution < 1.29 is 0 Å². The fourth-order valence-corrected chi connectivity index (χ4v) is 4.92. The van der Waals surface area contributed by atoms with Crippen LogP contribution < -0.4 is 5.32 Å². The minimum Gasteiger partial charge on any atom is -0.311 e. The van der Waals surface area contributed by atoms with E-state index in [0.717, 1.165) is 18.0 Å². The van der Waals surface area contributed by atoms with Gasteiger partial charge in [0.1, 0.15) is 0 Å². The predicted octanol–water partition coefficient (Wildman–Crippen LogP) is 4.45. The zero-order chi connectivity index (χ0) is 15.3. The molecule has 1 saturated heterocycles. The van der Waals surface area contributed by atoms with Gasteiger partial charge in [-0.05, 0) is 43.4 Å². The maximum Gasteiger partial charge on any atom is 0.0219 e. The lowest BCUT2D eigenvalue weighted by Gasteiger charge is -2.45. The molecule has 0 bridgehead atoms. The largest absolute Gasteiger partial charge is 0.311 e. The quantitative estimate of drug-likeness (QED) is 0.746. The van der Waals surface area contributed by atoms with E-state index in [1.54, 1.807) is 0 Å². The van der Waals surface area contributed by atoms with Gasteiger partial charge >= 0.3 is 0 Å². The Morgan fingerprint density at radius 2 is 1.90 bits per heavy atom. The van der Waals surface area contributed by atoms with E-state index in [1.165, 1.54) is 71.0 Å². The molecule has 2 nitrogen and oxygen atoms in total. The fraction of sp³-hybridized carbons (Fsp3) is 1.00. The van der Waals surface area contributed by atoms with E-state index in [2.05, 4.69) is 37.9 Å². The van der Waals surface area contributed by atoms with E-state index in [-0.39, 0.29) is 0 Å². The van der Waals surface area contributed by atoms with Crippen LogP contribution in [-0.2, 0) is 0 Å². The highest BCUT2D eigenvalue weighted by Crippen LogP contribution is 2.44. The molecule has 2 fully saturated rings. The zero-order valence-corrected chi connectivity index (χ0v) is 15.0. The summed E-state index contributed by atoms with van der Waals surface area (Å²) in [7, 11) is 0. The van der Waals surface area contributed by atoms with E-state index >= 15 is 0 Å². The van der Waals surface area contributed by atoms with Crippen molar-refractivity contribution in [1.82, 2.24) is 10.2 Å². The molecule has 2 heteroatoms. The Kier molecular flexibility index (Phi) is 6.55. The van der Waals surface area contributed by atoms with Gasteiger partial charge < -0.3 is 5.32 Å². The second-order valence-corrected chi connectivity index (χ2v) is 8.19. The van der Waals surface area contributed by atoms with E-state index in [0.29, 0.717) is 5.41 Å². The first-order valence-electron chi connectivity index (χ1n) is 9.56. The van der Waals surface area contributed by atoms with Crippen molar-refractivity contribution in [3.05, 3.63) is 0 Å². The van der Waals surface area contributed by atoms with Gasteiger partial charge in [0.2, 0.25) is 0 Å². The molecule has 2 aliphatic rings. The zero-order valence-electron chi connectivity index (χ0n) is 15.0. The van der Waals surface area contributed by atoms with Crippen molar-refractivity contribution >= 4 is 0 Å². The molecule has 0 aromatic rings. The van der Waals surface area contributed by atoms with E-state index in [1.807, 2.05) is 0 Å². The number of hydrogen-bond donors (Lipinski definition) is 1. The summed E-state index contributed by atoms with van der Waals surface area (Å²) < 4.78 is 0. The SMILES string of the molecule is CCCC1CN(CC2(CC(C)C)CCCC2)C(CC)CN1. The maximum atomic E-state index is 3.79. The van der Waals surface area contributed by atoms with E-state index < -0.39 is 0 Å². The van der Waals surface area contributed by atoms with Crippen molar-refractivity contribution in [2.75, 3.05) is 19.6 Å².